The van der Waals surface area contributed by atoms with Crippen LogP contribution in [0.15, 0.2) is 23.2 Å². The van der Waals surface area contributed by atoms with Gasteiger partial charge in [0.05, 0.1) is 6.04 Å². The molecule has 0 fully saturated rings. The molecule has 2 rings (SSSR count). The summed E-state index contributed by atoms with van der Waals surface area (Å²) in [5, 5.41) is 7.58. The average molecular weight is 255 g/mol. The molecule has 84 valence electrons. The van der Waals surface area contributed by atoms with E-state index in [0.717, 1.165) is 0 Å². The Morgan fingerprint density at radius 1 is 1.50 bits per heavy atom. The largest absolute Gasteiger partial charge is 0.393 e. The van der Waals surface area contributed by atoms with Crippen molar-refractivity contribution in [2.45, 2.75) is 13.0 Å². The Balaban J connectivity index is 2.18. The fourth-order valence-electron chi connectivity index (χ4n) is 1.30. The van der Waals surface area contributed by atoms with E-state index in [9.17, 15) is 0 Å². The van der Waals surface area contributed by atoms with Crippen LogP contribution >= 0.6 is 22.9 Å². The lowest BCUT2D eigenvalue weighted by Gasteiger charge is -2.14. The molecule has 0 aliphatic rings. The van der Waals surface area contributed by atoms with Crippen LogP contribution < -0.4 is 11.1 Å². The number of nitrogens with one attached hydrogen (secondary N) is 1. The predicted octanol–water partition coefficient (Wildman–Crippen LogP) is 2.95. The van der Waals surface area contributed by atoms with Gasteiger partial charge in [0.2, 0.25) is 0 Å². The van der Waals surface area contributed by atoms with Gasteiger partial charge in [-0.15, -0.1) is 0 Å². The molecule has 16 heavy (non-hydrogen) atoms. The van der Waals surface area contributed by atoms with Crippen LogP contribution in [0.25, 0.3) is 0 Å². The van der Waals surface area contributed by atoms with E-state index in [0.29, 0.717) is 11.5 Å². The minimum absolute atomic E-state index is 0.138. The van der Waals surface area contributed by atoms with Crippen LogP contribution in [0.4, 0.5) is 11.5 Å². The number of hydrogen-bond donors (Lipinski definition) is 2. The molecular weight excluding hydrogens is 244 g/mol. The minimum Gasteiger partial charge on any atom is -0.393 e. The summed E-state index contributed by atoms with van der Waals surface area (Å²) in [6.07, 6.45) is 1.39. The zero-order valence-corrected chi connectivity index (χ0v) is 10.2. The second-order valence-electron chi connectivity index (χ2n) is 3.35. The lowest BCUT2D eigenvalue weighted by molar-refractivity contribution is 0.878. The summed E-state index contributed by atoms with van der Waals surface area (Å²) in [6, 6.07) is 2.20. The third-order valence-corrected chi connectivity index (χ3v) is 3.23. The second-order valence-corrected chi connectivity index (χ2v) is 4.49. The molecule has 0 radical (unpaired) electrons. The fourth-order valence-corrected chi connectivity index (χ4v) is 2.19. The third kappa shape index (κ3) is 2.25. The van der Waals surface area contributed by atoms with Crippen molar-refractivity contribution < 1.29 is 0 Å². The van der Waals surface area contributed by atoms with Gasteiger partial charge in [-0.25, -0.2) is 9.97 Å². The highest BCUT2D eigenvalue weighted by molar-refractivity contribution is 7.07. The summed E-state index contributed by atoms with van der Waals surface area (Å²) >= 11 is 7.46. The number of nitrogens with zero attached hydrogens (tertiary/aromatic N) is 2. The standard InChI is InChI=1S/C10H11ClN4S/c1-6(7-2-3-16-4-7)15-10-8(12)9(11)13-5-14-10/h2-6H,12H2,1H3,(H,13,14,15). The Morgan fingerprint density at radius 3 is 3.00 bits per heavy atom. The maximum atomic E-state index is 5.81. The van der Waals surface area contributed by atoms with E-state index >= 15 is 0 Å². The summed E-state index contributed by atoms with van der Waals surface area (Å²) in [7, 11) is 0. The van der Waals surface area contributed by atoms with Crippen molar-refractivity contribution in [3.8, 4) is 0 Å². The van der Waals surface area contributed by atoms with Gasteiger partial charge < -0.3 is 11.1 Å². The van der Waals surface area contributed by atoms with Crippen LogP contribution in [0.1, 0.15) is 18.5 Å². The Labute approximate surface area is 102 Å². The van der Waals surface area contributed by atoms with E-state index in [4.69, 9.17) is 17.3 Å². The van der Waals surface area contributed by atoms with Gasteiger partial charge in [0.15, 0.2) is 11.0 Å². The molecular formula is C10H11ClN4S. The second kappa shape index (κ2) is 4.67. The molecule has 6 heteroatoms. The van der Waals surface area contributed by atoms with Crippen molar-refractivity contribution in [1.29, 1.82) is 0 Å². The molecule has 0 aromatic carbocycles. The van der Waals surface area contributed by atoms with Gasteiger partial charge in [0, 0.05) is 0 Å². The molecule has 0 bridgehead atoms. The summed E-state index contributed by atoms with van der Waals surface area (Å²) in [6.45, 7) is 2.04. The van der Waals surface area contributed by atoms with Gasteiger partial charge >= 0.3 is 0 Å². The quantitative estimate of drug-likeness (QED) is 0.827. The zero-order valence-electron chi connectivity index (χ0n) is 8.64. The molecule has 2 aromatic heterocycles. The first-order chi connectivity index (χ1) is 7.68. The Hall–Kier alpha value is -1.33. The molecule has 0 saturated carbocycles. The van der Waals surface area contributed by atoms with Gasteiger partial charge in [-0.2, -0.15) is 11.3 Å². The van der Waals surface area contributed by atoms with Gasteiger partial charge in [-0.3, -0.25) is 0 Å². The molecule has 2 aromatic rings. The number of nitrogen functional groups attached to an aromatic ring is 1. The van der Waals surface area contributed by atoms with Crippen LogP contribution in [-0.4, -0.2) is 9.97 Å². The molecule has 0 aliphatic heterocycles. The number of nitrogens with two attached hydrogens (primary N) is 1. The predicted molar refractivity (Wildman–Crippen MR) is 67.8 cm³/mol. The number of anilines is 2. The normalized spacial score (nSPS) is 12.4. The van der Waals surface area contributed by atoms with Crippen LogP contribution in [-0.2, 0) is 0 Å². The summed E-state index contributed by atoms with van der Waals surface area (Å²) in [5.41, 5.74) is 7.34. The highest BCUT2D eigenvalue weighted by atomic mass is 35.5. The van der Waals surface area contributed by atoms with Crippen LogP contribution in [0.5, 0.6) is 0 Å². The maximum absolute atomic E-state index is 5.81. The number of aromatic nitrogens is 2. The van der Waals surface area contributed by atoms with Crippen molar-refractivity contribution in [3.63, 3.8) is 0 Å². The molecule has 3 N–H and O–H groups in total. The van der Waals surface area contributed by atoms with Crippen molar-refractivity contribution in [1.82, 2.24) is 9.97 Å². The average Bonchev–Trinajstić information content (AvgIpc) is 2.78. The summed E-state index contributed by atoms with van der Waals surface area (Å²) < 4.78 is 0. The first-order valence-corrected chi connectivity index (χ1v) is 6.05. The smallest absolute Gasteiger partial charge is 0.157 e. The van der Waals surface area contributed by atoms with Crippen molar-refractivity contribution in [3.05, 3.63) is 33.9 Å². The zero-order chi connectivity index (χ0) is 11.5. The van der Waals surface area contributed by atoms with Crippen LogP contribution in [0.3, 0.4) is 0 Å². The fraction of sp³-hybridized carbons (Fsp3) is 0.200. The molecule has 0 aliphatic carbocycles. The molecule has 0 spiro atoms. The first-order valence-electron chi connectivity index (χ1n) is 4.73. The van der Waals surface area contributed by atoms with E-state index in [1.807, 2.05) is 12.3 Å². The summed E-state index contributed by atoms with van der Waals surface area (Å²) in [4.78, 5) is 7.86. The lowest BCUT2D eigenvalue weighted by Crippen LogP contribution is -2.09. The number of hydrogen-bond acceptors (Lipinski definition) is 5. The van der Waals surface area contributed by atoms with Crippen LogP contribution in [0, 0.1) is 0 Å². The van der Waals surface area contributed by atoms with Crippen molar-refractivity contribution in [2.75, 3.05) is 11.1 Å². The molecule has 2 heterocycles. The number of halogens is 1. The Morgan fingerprint density at radius 2 is 2.31 bits per heavy atom. The van der Waals surface area contributed by atoms with Crippen LogP contribution in [0.2, 0.25) is 5.15 Å². The Kier molecular flexibility index (Phi) is 3.26. The molecule has 0 amide bonds. The van der Waals surface area contributed by atoms with Gasteiger partial charge in [0.25, 0.3) is 0 Å². The third-order valence-electron chi connectivity index (χ3n) is 2.23. The number of thiophene rings is 1. The van der Waals surface area contributed by atoms with Crippen molar-refractivity contribution >= 4 is 34.4 Å². The topological polar surface area (TPSA) is 63.8 Å². The highest BCUT2D eigenvalue weighted by Crippen LogP contribution is 2.26. The van der Waals surface area contributed by atoms with Gasteiger partial charge in [-0.05, 0) is 29.3 Å². The monoisotopic (exact) mass is 254 g/mol. The maximum Gasteiger partial charge on any atom is 0.157 e. The van der Waals surface area contributed by atoms with E-state index in [1.165, 1.54) is 11.9 Å². The molecule has 1 atom stereocenters. The lowest BCUT2D eigenvalue weighted by atomic mass is 10.2. The highest BCUT2D eigenvalue weighted by Gasteiger charge is 2.10. The minimum atomic E-state index is 0.138. The van der Waals surface area contributed by atoms with E-state index < -0.39 is 0 Å². The molecule has 1 unspecified atom stereocenters. The number of rotatable bonds is 3. The molecule has 4 nitrogen and oxygen atoms in total. The van der Waals surface area contributed by atoms with Crippen molar-refractivity contribution in [2.24, 2.45) is 0 Å². The van der Waals surface area contributed by atoms with Gasteiger partial charge in [-0.1, -0.05) is 11.6 Å². The van der Waals surface area contributed by atoms with E-state index in [1.54, 1.807) is 11.3 Å². The van der Waals surface area contributed by atoms with E-state index in [-0.39, 0.29) is 11.2 Å². The first kappa shape index (κ1) is 11.2. The van der Waals surface area contributed by atoms with E-state index in [2.05, 4.69) is 26.7 Å². The molecule has 0 saturated heterocycles. The SMILES string of the molecule is CC(Nc1ncnc(Cl)c1N)c1ccsc1. The summed E-state index contributed by atoms with van der Waals surface area (Å²) in [5.74, 6) is 0.568. The van der Waals surface area contributed by atoms with Gasteiger partial charge in [0.1, 0.15) is 12.0 Å². The Bertz CT molecular complexity index is 472.